The van der Waals surface area contributed by atoms with Gasteiger partial charge in [-0.3, -0.25) is 0 Å². The first-order chi connectivity index (χ1) is 5.31. The molecule has 0 radical (unpaired) electrons. The van der Waals surface area contributed by atoms with Crippen LogP contribution in [0.3, 0.4) is 0 Å². The summed E-state index contributed by atoms with van der Waals surface area (Å²) in [6, 6.07) is 0. The van der Waals surface area contributed by atoms with Gasteiger partial charge in [0.15, 0.2) is 0 Å². The van der Waals surface area contributed by atoms with Crippen LogP contribution in [0, 0.1) is 0 Å². The minimum absolute atomic E-state index is 0.0652. The van der Waals surface area contributed by atoms with E-state index >= 15 is 0 Å². The normalized spacial score (nSPS) is 13.4. The van der Waals surface area contributed by atoms with Crippen molar-refractivity contribution < 1.29 is 4.74 Å². The topological polar surface area (TPSA) is 47.3 Å². The first kappa shape index (κ1) is 10.9. The minimum atomic E-state index is -0.0652. The number of ether oxygens (including phenoxy) is 1. The quantitative estimate of drug-likeness (QED) is 0.425. The maximum atomic E-state index is 5.55. The van der Waals surface area contributed by atoms with Gasteiger partial charge in [-0.1, -0.05) is 6.42 Å². The number of rotatable bonds is 7. The van der Waals surface area contributed by atoms with Crippen molar-refractivity contribution in [1.82, 2.24) is 5.32 Å². The van der Waals surface area contributed by atoms with Gasteiger partial charge in [0.25, 0.3) is 0 Å². The zero-order chi connectivity index (χ0) is 8.53. The summed E-state index contributed by atoms with van der Waals surface area (Å²) >= 11 is 0. The van der Waals surface area contributed by atoms with E-state index in [1.165, 1.54) is 12.8 Å². The summed E-state index contributed by atoms with van der Waals surface area (Å²) in [6.45, 7) is 1.10. The second-order valence-electron chi connectivity index (χ2n) is 2.73. The largest absolute Gasteiger partial charge is 0.367 e. The third-order valence-corrected chi connectivity index (χ3v) is 1.72. The van der Waals surface area contributed by atoms with Crippen molar-refractivity contribution in [1.29, 1.82) is 0 Å². The van der Waals surface area contributed by atoms with Gasteiger partial charge in [0, 0.05) is 7.11 Å². The molecule has 0 rings (SSSR count). The molecule has 3 N–H and O–H groups in total. The number of nitrogens with two attached hydrogens (primary N) is 1. The molecule has 0 saturated heterocycles. The molecule has 1 atom stereocenters. The summed E-state index contributed by atoms with van der Waals surface area (Å²) in [4.78, 5) is 0. The predicted molar refractivity (Wildman–Crippen MR) is 47.4 cm³/mol. The highest BCUT2D eigenvalue weighted by Gasteiger charge is 1.97. The van der Waals surface area contributed by atoms with Crippen molar-refractivity contribution in [2.75, 3.05) is 20.7 Å². The minimum Gasteiger partial charge on any atom is -0.367 e. The van der Waals surface area contributed by atoms with Gasteiger partial charge in [-0.15, -0.1) is 0 Å². The third-order valence-electron chi connectivity index (χ3n) is 1.72. The van der Waals surface area contributed by atoms with Crippen molar-refractivity contribution in [2.24, 2.45) is 5.73 Å². The molecule has 0 heterocycles. The number of hydrogen-bond donors (Lipinski definition) is 2. The van der Waals surface area contributed by atoms with Gasteiger partial charge in [0.05, 0.1) is 0 Å². The van der Waals surface area contributed by atoms with Crippen molar-refractivity contribution in [3.63, 3.8) is 0 Å². The molecule has 11 heavy (non-hydrogen) atoms. The van der Waals surface area contributed by atoms with Gasteiger partial charge in [-0.2, -0.15) is 0 Å². The Labute approximate surface area is 69.3 Å². The molecule has 0 fully saturated rings. The van der Waals surface area contributed by atoms with E-state index in [1.807, 2.05) is 7.05 Å². The van der Waals surface area contributed by atoms with Gasteiger partial charge in [-0.05, 0) is 32.9 Å². The maximum Gasteiger partial charge on any atom is 0.105 e. The molecule has 0 aromatic carbocycles. The zero-order valence-corrected chi connectivity index (χ0v) is 7.60. The lowest BCUT2D eigenvalue weighted by atomic mass is 10.2. The first-order valence-corrected chi connectivity index (χ1v) is 4.24. The fourth-order valence-corrected chi connectivity index (χ4v) is 0.942. The first-order valence-electron chi connectivity index (χ1n) is 4.24. The summed E-state index contributed by atoms with van der Waals surface area (Å²) in [7, 11) is 3.62. The molecule has 0 spiro atoms. The number of hydrogen-bond acceptors (Lipinski definition) is 3. The number of methoxy groups -OCH3 is 1. The Morgan fingerprint density at radius 1 is 1.36 bits per heavy atom. The summed E-state index contributed by atoms with van der Waals surface area (Å²) < 4.78 is 4.92. The predicted octanol–water partition coefficient (Wildman–Crippen LogP) is 0.697. The van der Waals surface area contributed by atoms with Crippen LogP contribution in [0.15, 0.2) is 0 Å². The summed E-state index contributed by atoms with van der Waals surface area (Å²) in [5.41, 5.74) is 5.55. The Bertz CT molecular complexity index is 78.5. The van der Waals surface area contributed by atoms with Gasteiger partial charge >= 0.3 is 0 Å². The molecule has 0 aromatic rings. The van der Waals surface area contributed by atoms with Gasteiger partial charge in [0.1, 0.15) is 6.23 Å². The van der Waals surface area contributed by atoms with E-state index in [2.05, 4.69) is 5.32 Å². The zero-order valence-electron chi connectivity index (χ0n) is 7.60. The molecule has 0 amide bonds. The molecule has 3 heteroatoms. The van der Waals surface area contributed by atoms with Crippen LogP contribution in [0.4, 0.5) is 0 Å². The molecule has 0 aliphatic heterocycles. The molecule has 0 bridgehead atoms. The van der Waals surface area contributed by atoms with Gasteiger partial charge in [-0.25, -0.2) is 0 Å². The van der Waals surface area contributed by atoms with E-state index in [9.17, 15) is 0 Å². The highest BCUT2D eigenvalue weighted by Crippen LogP contribution is 2.01. The van der Waals surface area contributed by atoms with Gasteiger partial charge in [0.2, 0.25) is 0 Å². The molecule has 0 aliphatic rings. The van der Waals surface area contributed by atoms with Crippen LogP contribution in [0.5, 0.6) is 0 Å². The lowest BCUT2D eigenvalue weighted by Gasteiger charge is -2.08. The fraction of sp³-hybridized carbons (Fsp3) is 1.00. The van der Waals surface area contributed by atoms with E-state index in [-0.39, 0.29) is 6.23 Å². The van der Waals surface area contributed by atoms with Crippen LogP contribution < -0.4 is 11.1 Å². The Kier molecular flexibility index (Phi) is 7.89. The molecule has 1 unspecified atom stereocenters. The summed E-state index contributed by atoms with van der Waals surface area (Å²) in [5, 5.41) is 3.11. The summed E-state index contributed by atoms with van der Waals surface area (Å²) in [5.74, 6) is 0. The number of nitrogens with one attached hydrogen (secondary N) is 1. The third kappa shape index (κ3) is 7.78. The molecule has 0 saturated carbocycles. The maximum absolute atomic E-state index is 5.55. The second-order valence-corrected chi connectivity index (χ2v) is 2.73. The molecular weight excluding hydrogens is 140 g/mol. The van der Waals surface area contributed by atoms with E-state index in [1.54, 1.807) is 7.11 Å². The van der Waals surface area contributed by atoms with Crippen LogP contribution in [0.2, 0.25) is 0 Å². The van der Waals surface area contributed by atoms with E-state index in [0.717, 1.165) is 19.4 Å². The average molecular weight is 160 g/mol. The van der Waals surface area contributed by atoms with Crippen molar-refractivity contribution >= 4 is 0 Å². The van der Waals surface area contributed by atoms with Crippen LogP contribution in [0.1, 0.15) is 25.7 Å². The van der Waals surface area contributed by atoms with E-state index < -0.39 is 0 Å². The van der Waals surface area contributed by atoms with Crippen LogP contribution in [-0.4, -0.2) is 26.9 Å². The molecule has 68 valence electrons. The van der Waals surface area contributed by atoms with E-state index in [4.69, 9.17) is 10.5 Å². The van der Waals surface area contributed by atoms with Gasteiger partial charge < -0.3 is 15.8 Å². The monoisotopic (exact) mass is 160 g/mol. The average Bonchev–Trinajstić information content (AvgIpc) is 2.04. The second kappa shape index (κ2) is 7.98. The molecule has 3 nitrogen and oxygen atoms in total. The smallest absolute Gasteiger partial charge is 0.105 e. The van der Waals surface area contributed by atoms with Crippen molar-refractivity contribution in [3.05, 3.63) is 0 Å². The van der Waals surface area contributed by atoms with Crippen molar-refractivity contribution in [2.45, 2.75) is 31.9 Å². The summed E-state index contributed by atoms with van der Waals surface area (Å²) in [6.07, 6.45) is 4.53. The Morgan fingerprint density at radius 2 is 2.09 bits per heavy atom. The molecular formula is C8H20N2O. The van der Waals surface area contributed by atoms with Crippen LogP contribution >= 0.6 is 0 Å². The van der Waals surface area contributed by atoms with Crippen molar-refractivity contribution in [3.8, 4) is 0 Å². The van der Waals surface area contributed by atoms with Crippen LogP contribution in [0.25, 0.3) is 0 Å². The Balaban J connectivity index is 2.89. The lowest BCUT2D eigenvalue weighted by molar-refractivity contribution is 0.0984. The Morgan fingerprint density at radius 3 is 2.64 bits per heavy atom. The molecule has 0 aliphatic carbocycles. The SMILES string of the molecule is CNCCCCCC(N)OC. The standard InChI is InChI=1S/C8H20N2O/c1-10-7-5-3-4-6-8(9)11-2/h8,10H,3-7,9H2,1-2H3. The lowest BCUT2D eigenvalue weighted by Crippen LogP contribution is -2.21. The molecule has 0 aromatic heterocycles. The number of unbranched alkanes of at least 4 members (excludes halogenated alkanes) is 2. The highest BCUT2D eigenvalue weighted by molar-refractivity contribution is 4.49. The van der Waals surface area contributed by atoms with E-state index in [0.29, 0.717) is 0 Å². The highest BCUT2D eigenvalue weighted by atomic mass is 16.5. The fourth-order valence-electron chi connectivity index (χ4n) is 0.942. The van der Waals surface area contributed by atoms with Crippen LogP contribution in [-0.2, 0) is 4.74 Å². The Hall–Kier alpha value is -0.120.